The first-order chi connectivity index (χ1) is 6.74. The van der Waals surface area contributed by atoms with Gasteiger partial charge in [0.1, 0.15) is 0 Å². The van der Waals surface area contributed by atoms with Gasteiger partial charge in [-0.1, -0.05) is 0 Å². The number of aliphatic hydroxyl groups is 1. The molecule has 0 radical (unpaired) electrons. The van der Waals surface area contributed by atoms with Gasteiger partial charge in [0.2, 0.25) is 5.91 Å². The Hall–Kier alpha value is -0.650. The summed E-state index contributed by atoms with van der Waals surface area (Å²) in [5.41, 5.74) is 0. The molecular formula is C9H18N2O3. The first kappa shape index (κ1) is 11.4. The van der Waals surface area contributed by atoms with Crippen molar-refractivity contribution in [1.29, 1.82) is 0 Å². The number of hydrogen-bond acceptors (Lipinski definition) is 4. The number of ether oxygens (including phenoxy) is 1. The van der Waals surface area contributed by atoms with Crippen LogP contribution < -0.4 is 5.32 Å². The molecule has 1 atom stereocenters. The molecule has 1 rings (SSSR count). The van der Waals surface area contributed by atoms with E-state index in [-0.39, 0.29) is 12.5 Å². The van der Waals surface area contributed by atoms with E-state index in [9.17, 15) is 4.79 Å². The van der Waals surface area contributed by atoms with E-state index >= 15 is 0 Å². The molecule has 14 heavy (non-hydrogen) atoms. The second-order valence-electron chi connectivity index (χ2n) is 3.51. The molecule has 5 heteroatoms. The minimum absolute atomic E-state index is 0.0119. The number of carbonyl (C=O) groups is 1. The van der Waals surface area contributed by atoms with Crippen molar-refractivity contribution in [2.75, 3.05) is 40.0 Å². The molecule has 0 aliphatic carbocycles. The van der Waals surface area contributed by atoms with Crippen LogP contribution in [0.2, 0.25) is 0 Å². The van der Waals surface area contributed by atoms with Gasteiger partial charge in [0, 0.05) is 19.2 Å². The third kappa shape index (κ3) is 3.61. The van der Waals surface area contributed by atoms with Gasteiger partial charge in [-0.3, -0.25) is 9.69 Å². The predicted molar refractivity (Wildman–Crippen MR) is 51.9 cm³/mol. The first-order valence-electron chi connectivity index (χ1n) is 4.89. The molecule has 1 aliphatic rings. The predicted octanol–water partition coefficient (Wildman–Crippen LogP) is -1.18. The lowest BCUT2D eigenvalue weighted by Crippen LogP contribution is -2.41. The van der Waals surface area contributed by atoms with Gasteiger partial charge >= 0.3 is 0 Å². The molecule has 2 N–H and O–H groups in total. The number of nitrogens with one attached hydrogen (secondary N) is 1. The van der Waals surface area contributed by atoms with Crippen LogP contribution in [-0.4, -0.2) is 61.9 Å². The zero-order valence-corrected chi connectivity index (χ0v) is 8.53. The van der Waals surface area contributed by atoms with Crippen molar-refractivity contribution in [3.8, 4) is 0 Å². The number of likely N-dealkylation sites (N-methyl/N-ethyl adjacent to an activating group) is 1. The van der Waals surface area contributed by atoms with Crippen LogP contribution in [0.25, 0.3) is 0 Å². The van der Waals surface area contributed by atoms with Crippen molar-refractivity contribution < 1.29 is 14.6 Å². The fraction of sp³-hybridized carbons (Fsp3) is 0.889. The van der Waals surface area contributed by atoms with E-state index in [0.717, 1.165) is 13.0 Å². The minimum atomic E-state index is -0.0477. The molecule has 0 bridgehead atoms. The molecule has 0 aromatic carbocycles. The van der Waals surface area contributed by atoms with Crippen molar-refractivity contribution in [3.05, 3.63) is 0 Å². The lowest BCUT2D eigenvalue weighted by atomic mass is 10.2. The zero-order valence-electron chi connectivity index (χ0n) is 8.53. The quantitative estimate of drug-likeness (QED) is 0.589. The van der Waals surface area contributed by atoms with Crippen LogP contribution in [-0.2, 0) is 9.53 Å². The Balaban J connectivity index is 2.18. The average molecular weight is 202 g/mol. The highest BCUT2D eigenvalue weighted by Gasteiger charge is 2.21. The molecule has 0 spiro atoms. The summed E-state index contributed by atoms with van der Waals surface area (Å²) in [6.45, 7) is 2.18. The van der Waals surface area contributed by atoms with Crippen LogP contribution >= 0.6 is 0 Å². The Labute approximate surface area is 84.0 Å². The largest absolute Gasteiger partial charge is 0.395 e. The summed E-state index contributed by atoms with van der Waals surface area (Å²) in [5, 5.41) is 11.1. The second kappa shape index (κ2) is 5.95. The van der Waals surface area contributed by atoms with E-state index < -0.39 is 0 Å². The van der Waals surface area contributed by atoms with Gasteiger partial charge in [-0.25, -0.2) is 0 Å². The third-order valence-electron chi connectivity index (χ3n) is 2.36. The van der Waals surface area contributed by atoms with Crippen LogP contribution in [0.4, 0.5) is 0 Å². The fourth-order valence-electron chi connectivity index (χ4n) is 1.48. The number of rotatable bonds is 5. The Morgan fingerprint density at radius 3 is 3.07 bits per heavy atom. The molecular weight excluding hydrogens is 184 g/mol. The molecule has 1 unspecified atom stereocenters. The molecule has 0 aromatic rings. The minimum Gasteiger partial charge on any atom is -0.395 e. The molecule has 1 heterocycles. The summed E-state index contributed by atoms with van der Waals surface area (Å²) >= 11 is 0. The summed E-state index contributed by atoms with van der Waals surface area (Å²) < 4.78 is 5.23. The van der Waals surface area contributed by atoms with Crippen molar-refractivity contribution in [2.24, 2.45) is 0 Å². The van der Waals surface area contributed by atoms with Gasteiger partial charge in [0.05, 0.1) is 19.8 Å². The van der Waals surface area contributed by atoms with Crippen LogP contribution in [0.1, 0.15) is 6.42 Å². The maximum atomic E-state index is 11.3. The van der Waals surface area contributed by atoms with Gasteiger partial charge in [-0.05, 0) is 13.5 Å². The van der Waals surface area contributed by atoms with Crippen LogP contribution in [0.3, 0.4) is 0 Å². The number of carbonyl (C=O) groups excluding carboxylic acids is 1. The number of hydrogen-bond donors (Lipinski definition) is 2. The van der Waals surface area contributed by atoms with E-state index in [1.165, 1.54) is 0 Å². The van der Waals surface area contributed by atoms with Crippen molar-refractivity contribution >= 4 is 5.91 Å². The molecule has 5 nitrogen and oxygen atoms in total. The number of aliphatic hydroxyl groups excluding tert-OH is 1. The summed E-state index contributed by atoms with van der Waals surface area (Å²) in [6.07, 6.45) is 0.990. The zero-order chi connectivity index (χ0) is 10.4. The standard InChI is InChI=1S/C9H18N2O3/c1-11(8-2-5-14-7-8)6-9(13)10-3-4-12/h8,12H,2-7H2,1H3,(H,10,13). The summed E-state index contributed by atoms with van der Waals surface area (Å²) in [7, 11) is 1.91. The van der Waals surface area contributed by atoms with E-state index in [4.69, 9.17) is 9.84 Å². The van der Waals surface area contributed by atoms with Gasteiger partial charge in [-0.2, -0.15) is 0 Å². The smallest absolute Gasteiger partial charge is 0.234 e. The van der Waals surface area contributed by atoms with Gasteiger partial charge in [0.25, 0.3) is 0 Å². The average Bonchev–Trinajstić information content (AvgIpc) is 2.67. The van der Waals surface area contributed by atoms with Gasteiger partial charge in [-0.15, -0.1) is 0 Å². The fourth-order valence-corrected chi connectivity index (χ4v) is 1.48. The maximum absolute atomic E-state index is 11.3. The number of nitrogens with zero attached hydrogens (tertiary/aromatic N) is 1. The molecule has 1 saturated heterocycles. The Morgan fingerprint density at radius 1 is 1.71 bits per heavy atom. The Kier molecular flexibility index (Phi) is 4.86. The second-order valence-corrected chi connectivity index (χ2v) is 3.51. The number of amides is 1. The molecule has 82 valence electrons. The van der Waals surface area contributed by atoms with Gasteiger partial charge < -0.3 is 15.2 Å². The van der Waals surface area contributed by atoms with Crippen LogP contribution in [0.5, 0.6) is 0 Å². The van der Waals surface area contributed by atoms with Crippen molar-refractivity contribution in [2.45, 2.75) is 12.5 Å². The summed E-state index contributed by atoms with van der Waals surface area (Å²) in [5.74, 6) is -0.0477. The summed E-state index contributed by atoms with van der Waals surface area (Å²) in [6, 6.07) is 0.356. The van der Waals surface area contributed by atoms with E-state index in [1.807, 2.05) is 11.9 Å². The van der Waals surface area contributed by atoms with E-state index in [0.29, 0.717) is 25.7 Å². The van der Waals surface area contributed by atoms with Crippen molar-refractivity contribution in [1.82, 2.24) is 10.2 Å². The molecule has 1 fully saturated rings. The molecule has 1 amide bonds. The van der Waals surface area contributed by atoms with E-state index in [2.05, 4.69) is 5.32 Å². The lowest BCUT2D eigenvalue weighted by molar-refractivity contribution is -0.122. The summed E-state index contributed by atoms with van der Waals surface area (Å²) in [4.78, 5) is 13.3. The molecule has 0 saturated carbocycles. The highest BCUT2D eigenvalue weighted by Crippen LogP contribution is 2.09. The van der Waals surface area contributed by atoms with E-state index in [1.54, 1.807) is 0 Å². The van der Waals surface area contributed by atoms with Crippen LogP contribution in [0.15, 0.2) is 0 Å². The SMILES string of the molecule is CN(CC(=O)NCCO)C1CCOC1. The normalized spacial score (nSPS) is 21.5. The lowest BCUT2D eigenvalue weighted by Gasteiger charge is -2.21. The molecule has 0 aromatic heterocycles. The van der Waals surface area contributed by atoms with Crippen LogP contribution in [0, 0.1) is 0 Å². The first-order valence-corrected chi connectivity index (χ1v) is 4.89. The molecule has 1 aliphatic heterocycles. The Bertz CT molecular complexity index is 181. The maximum Gasteiger partial charge on any atom is 0.234 e. The Morgan fingerprint density at radius 2 is 2.50 bits per heavy atom. The third-order valence-corrected chi connectivity index (χ3v) is 2.36. The highest BCUT2D eigenvalue weighted by molar-refractivity contribution is 5.77. The monoisotopic (exact) mass is 202 g/mol. The van der Waals surface area contributed by atoms with Crippen molar-refractivity contribution in [3.63, 3.8) is 0 Å². The topological polar surface area (TPSA) is 61.8 Å². The highest BCUT2D eigenvalue weighted by atomic mass is 16.5. The van der Waals surface area contributed by atoms with Gasteiger partial charge in [0.15, 0.2) is 0 Å².